The molecule has 0 radical (unpaired) electrons. The smallest absolute Gasteiger partial charge is 0.295 e. The molecule has 1 aromatic heterocycles. The number of likely N-dealkylation sites (tertiary alicyclic amines) is 1. The molecule has 1 atom stereocenters. The van der Waals surface area contributed by atoms with Crippen molar-refractivity contribution in [1.82, 2.24) is 14.5 Å². The Balaban J connectivity index is 1.57. The summed E-state index contributed by atoms with van der Waals surface area (Å²) in [6.45, 7) is 1.72. The summed E-state index contributed by atoms with van der Waals surface area (Å²) in [7, 11) is 3.04. The van der Waals surface area contributed by atoms with Gasteiger partial charge < -0.3 is 33.5 Å². The third-order valence-corrected chi connectivity index (χ3v) is 6.45. The molecule has 0 unspecified atom stereocenters. The molecule has 10 nitrogen and oxygen atoms in total. The van der Waals surface area contributed by atoms with Gasteiger partial charge in [0.15, 0.2) is 23.0 Å². The van der Waals surface area contributed by atoms with Gasteiger partial charge in [-0.25, -0.2) is 4.98 Å². The van der Waals surface area contributed by atoms with Gasteiger partial charge in [0.05, 0.1) is 32.2 Å². The van der Waals surface area contributed by atoms with Crippen LogP contribution in [0.15, 0.2) is 60.7 Å². The fraction of sp³-hybridized carbons (Fsp3) is 0.296. The SMILES string of the molecule is COc1ccc([C@@H]2/C(=C(\O)c3ccc4c(c3)OCCO4)C(=O)C(=O)N2CCCn2ccnc2)cc1OC. The topological polar surface area (TPSA) is 112 Å². The second-order valence-electron chi connectivity index (χ2n) is 8.62. The number of nitrogens with zero attached hydrogens (tertiary/aromatic N) is 3. The van der Waals surface area contributed by atoms with Crippen LogP contribution in [-0.2, 0) is 16.1 Å². The van der Waals surface area contributed by atoms with Crippen molar-refractivity contribution in [2.45, 2.75) is 19.0 Å². The van der Waals surface area contributed by atoms with E-state index in [1.165, 1.54) is 19.1 Å². The molecule has 37 heavy (non-hydrogen) atoms. The number of amides is 1. The van der Waals surface area contributed by atoms with Crippen LogP contribution in [0.25, 0.3) is 5.76 Å². The minimum Gasteiger partial charge on any atom is -0.507 e. The van der Waals surface area contributed by atoms with Gasteiger partial charge in [0, 0.05) is 31.0 Å². The summed E-state index contributed by atoms with van der Waals surface area (Å²) in [6, 6.07) is 9.30. The highest BCUT2D eigenvalue weighted by atomic mass is 16.6. The third kappa shape index (κ3) is 4.57. The average molecular weight is 506 g/mol. The Morgan fingerprint density at radius 2 is 1.81 bits per heavy atom. The Labute approximate surface area is 213 Å². The molecule has 0 aliphatic carbocycles. The number of ketones is 1. The van der Waals surface area contributed by atoms with Gasteiger partial charge >= 0.3 is 0 Å². The number of imidazole rings is 1. The van der Waals surface area contributed by atoms with Crippen molar-refractivity contribution < 1.29 is 33.6 Å². The van der Waals surface area contributed by atoms with Crippen molar-refractivity contribution in [2.24, 2.45) is 0 Å². The number of aryl methyl sites for hydroxylation is 1. The second-order valence-corrected chi connectivity index (χ2v) is 8.62. The number of aliphatic hydroxyl groups excluding tert-OH is 1. The minimum atomic E-state index is -0.823. The standard InChI is InChI=1S/C27H27N3O7/c1-34-19-6-4-17(14-21(19)35-2)24-23(25(31)18-5-7-20-22(15-18)37-13-12-36-20)26(32)27(33)30(24)10-3-9-29-11-8-28-16-29/h4-8,11,14-16,24,31H,3,9-10,12-13H2,1-2H3/b25-23+/t24-/m1/s1. The van der Waals surface area contributed by atoms with E-state index in [-0.39, 0.29) is 11.3 Å². The summed E-state index contributed by atoms with van der Waals surface area (Å²) in [6.07, 6.45) is 5.80. The summed E-state index contributed by atoms with van der Waals surface area (Å²) in [4.78, 5) is 32.1. The quantitative estimate of drug-likeness (QED) is 0.282. The molecule has 1 fully saturated rings. The summed E-state index contributed by atoms with van der Waals surface area (Å²) < 4.78 is 23.9. The molecule has 2 aliphatic heterocycles. The summed E-state index contributed by atoms with van der Waals surface area (Å²) >= 11 is 0. The van der Waals surface area contributed by atoms with Crippen molar-refractivity contribution in [2.75, 3.05) is 34.0 Å². The zero-order valence-corrected chi connectivity index (χ0v) is 20.5. The molecule has 1 saturated heterocycles. The first-order chi connectivity index (χ1) is 18.0. The Bertz CT molecular complexity index is 1350. The van der Waals surface area contributed by atoms with Crippen LogP contribution in [0.1, 0.15) is 23.6 Å². The molecular weight excluding hydrogens is 478 g/mol. The maximum absolute atomic E-state index is 13.3. The van der Waals surface area contributed by atoms with Crippen molar-refractivity contribution in [3.63, 3.8) is 0 Å². The van der Waals surface area contributed by atoms with E-state index in [0.29, 0.717) is 66.8 Å². The van der Waals surface area contributed by atoms with E-state index in [9.17, 15) is 14.7 Å². The van der Waals surface area contributed by atoms with Gasteiger partial charge in [0.2, 0.25) is 0 Å². The molecule has 2 aromatic carbocycles. The highest BCUT2D eigenvalue weighted by Gasteiger charge is 2.46. The second kappa shape index (κ2) is 10.3. The van der Waals surface area contributed by atoms with Crippen LogP contribution in [0.4, 0.5) is 0 Å². The van der Waals surface area contributed by atoms with E-state index in [4.69, 9.17) is 18.9 Å². The number of fused-ring (bicyclic) bond motifs is 1. The van der Waals surface area contributed by atoms with Crippen molar-refractivity contribution in [3.8, 4) is 23.0 Å². The van der Waals surface area contributed by atoms with Gasteiger partial charge in [-0.1, -0.05) is 6.07 Å². The van der Waals surface area contributed by atoms with E-state index >= 15 is 0 Å². The van der Waals surface area contributed by atoms with Crippen LogP contribution in [0, 0.1) is 0 Å². The van der Waals surface area contributed by atoms with Crippen LogP contribution >= 0.6 is 0 Å². The van der Waals surface area contributed by atoms with Gasteiger partial charge in [-0.15, -0.1) is 0 Å². The molecule has 2 aliphatic rings. The maximum atomic E-state index is 13.3. The highest BCUT2D eigenvalue weighted by molar-refractivity contribution is 6.46. The van der Waals surface area contributed by atoms with Crippen molar-refractivity contribution >= 4 is 17.4 Å². The number of hydrogen-bond donors (Lipinski definition) is 1. The monoisotopic (exact) mass is 505 g/mol. The van der Waals surface area contributed by atoms with Crippen molar-refractivity contribution in [1.29, 1.82) is 0 Å². The third-order valence-electron chi connectivity index (χ3n) is 6.45. The number of rotatable bonds is 8. The maximum Gasteiger partial charge on any atom is 0.295 e. The molecule has 0 spiro atoms. The largest absolute Gasteiger partial charge is 0.507 e. The number of hydrogen-bond acceptors (Lipinski definition) is 8. The van der Waals surface area contributed by atoms with Gasteiger partial charge in [-0.05, 0) is 42.3 Å². The Kier molecular flexibility index (Phi) is 6.72. The van der Waals surface area contributed by atoms with E-state index in [2.05, 4.69) is 4.98 Å². The normalized spacial score (nSPS) is 18.2. The molecule has 1 amide bonds. The lowest BCUT2D eigenvalue weighted by Gasteiger charge is -2.26. The number of carbonyl (C=O) groups excluding carboxylic acids is 2. The molecule has 3 aromatic rings. The number of carbonyl (C=O) groups is 2. The number of ether oxygens (including phenoxy) is 4. The lowest BCUT2D eigenvalue weighted by Crippen LogP contribution is -2.31. The zero-order chi connectivity index (χ0) is 25.9. The Morgan fingerprint density at radius 1 is 1.03 bits per heavy atom. The van der Waals surface area contributed by atoms with Crippen molar-refractivity contribution in [3.05, 3.63) is 71.8 Å². The van der Waals surface area contributed by atoms with Crippen LogP contribution in [0.3, 0.4) is 0 Å². The summed E-state index contributed by atoms with van der Waals surface area (Å²) in [5.74, 6) is 0.261. The molecule has 10 heteroatoms. The molecule has 192 valence electrons. The van der Waals surface area contributed by atoms with Gasteiger partial charge in [0.25, 0.3) is 11.7 Å². The first-order valence-corrected chi connectivity index (χ1v) is 11.9. The van der Waals surface area contributed by atoms with Crippen LogP contribution in [0.5, 0.6) is 23.0 Å². The van der Waals surface area contributed by atoms with Crippen LogP contribution in [-0.4, -0.2) is 65.2 Å². The average Bonchev–Trinajstić information content (AvgIpc) is 3.54. The number of Topliss-reactive ketones (excluding diaryl/α,β-unsaturated/α-hetero) is 1. The molecule has 5 rings (SSSR count). The molecule has 0 bridgehead atoms. The van der Waals surface area contributed by atoms with E-state index in [1.807, 2.05) is 10.8 Å². The van der Waals surface area contributed by atoms with Gasteiger partial charge in [-0.3, -0.25) is 9.59 Å². The summed E-state index contributed by atoms with van der Waals surface area (Å²) in [5, 5.41) is 11.4. The first kappa shape index (κ1) is 24.2. The molecular formula is C27H27N3O7. The van der Waals surface area contributed by atoms with Crippen LogP contribution < -0.4 is 18.9 Å². The molecule has 0 saturated carbocycles. The number of benzene rings is 2. The van der Waals surface area contributed by atoms with E-state index < -0.39 is 17.7 Å². The summed E-state index contributed by atoms with van der Waals surface area (Å²) in [5.41, 5.74) is 0.959. The molecule has 1 N–H and O–H groups in total. The zero-order valence-electron chi connectivity index (χ0n) is 20.5. The predicted molar refractivity (Wildman–Crippen MR) is 133 cm³/mol. The lowest BCUT2D eigenvalue weighted by molar-refractivity contribution is -0.139. The first-order valence-electron chi connectivity index (χ1n) is 11.9. The number of methoxy groups -OCH3 is 2. The predicted octanol–water partition coefficient (Wildman–Crippen LogP) is 3.18. The highest BCUT2D eigenvalue weighted by Crippen LogP contribution is 2.43. The van der Waals surface area contributed by atoms with Gasteiger partial charge in [0.1, 0.15) is 19.0 Å². The fourth-order valence-corrected chi connectivity index (χ4v) is 4.67. The fourth-order valence-electron chi connectivity index (χ4n) is 4.67. The number of aliphatic hydroxyl groups is 1. The minimum absolute atomic E-state index is 0.00321. The van der Waals surface area contributed by atoms with E-state index in [0.717, 1.165) is 0 Å². The van der Waals surface area contributed by atoms with Crippen LogP contribution in [0.2, 0.25) is 0 Å². The Hall–Kier alpha value is -4.47. The Morgan fingerprint density at radius 3 is 2.54 bits per heavy atom. The lowest BCUT2D eigenvalue weighted by atomic mass is 9.94. The van der Waals surface area contributed by atoms with Gasteiger partial charge in [-0.2, -0.15) is 0 Å². The van der Waals surface area contributed by atoms with E-state index in [1.54, 1.807) is 48.9 Å². The molecule has 3 heterocycles. The number of aromatic nitrogens is 2.